The quantitative estimate of drug-likeness (QED) is 0.743. The number of halogens is 1. The van der Waals surface area contributed by atoms with E-state index in [1.54, 1.807) is 18.2 Å². The monoisotopic (exact) mass is 326 g/mol. The molecule has 2 rings (SSSR count). The first-order valence-electron chi connectivity index (χ1n) is 6.50. The molecule has 0 unspecified atom stereocenters. The molecule has 1 amide bonds. The number of amides is 1. The van der Waals surface area contributed by atoms with Crippen molar-refractivity contribution in [3.8, 4) is 0 Å². The van der Waals surface area contributed by atoms with Crippen LogP contribution in [0.5, 0.6) is 0 Å². The van der Waals surface area contributed by atoms with Crippen molar-refractivity contribution in [3.63, 3.8) is 0 Å². The van der Waals surface area contributed by atoms with Crippen LogP contribution >= 0.6 is 15.9 Å². The van der Waals surface area contributed by atoms with Crippen LogP contribution < -0.4 is 11.1 Å². The molecule has 1 aromatic carbocycles. The Morgan fingerprint density at radius 3 is 2.68 bits per heavy atom. The van der Waals surface area contributed by atoms with Gasteiger partial charge in [0.15, 0.2) is 0 Å². The number of anilines is 1. The summed E-state index contributed by atoms with van der Waals surface area (Å²) in [7, 11) is 0. The Balaban J connectivity index is 1.99. The molecule has 19 heavy (non-hydrogen) atoms. The molecule has 4 N–H and O–H groups in total. The number of nitrogens with two attached hydrogens (primary N) is 1. The maximum Gasteiger partial charge on any atom is 0.251 e. The van der Waals surface area contributed by atoms with Gasteiger partial charge in [0.1, 0.15) is 0 Å². The van der Waals surface area contributed by atoms with Gasteiger partial charge in [-0.25, -0.2) is 0 Å². The van der Waals surface area contributed by atoms with Gasteiger partial charge in [0.05, 0.1) is 6.61 Å². The molecule has 0 saturated heterocycles. The van der Waals surface area contributed by atoms with Crippen LogP contribution in [-0.4, -0.2) is 24.2 Å². The largest absolute Gasteiger partial charge is 0.398 e. The van der Waals surface area contributed by atoms with Crippen LogP contribution in [0.15, 0.2) is 22.7 Å². The fraction of sp³-hybridized carbons (Fsp3) is 0.500. The van der Waals surface area contributed by atoms with E-state index >= 15 is 0 Å². The lowest BCUT2D eigenvalue weighted by molar-refractivity contribution is 0.0880. The van der Waals surface area contributed by atoms with Crippen molar-refractivity contribution in [3.05, 3.63) is 28.2 Å². The Bertz CT molecular complexity index is 471. The first-order valence-corrected chi connectivity index (χ1v) is 7.30. The highest BCUT2D eigenvalue weighted by Crippen LogP contribution is 2.36. The summed E-state index contributed by atoms with van der Waals surface area (Å²) in [4.78, 5) is 12.1. The van der Waals surface area contributed by atoms with Crippen LogP contribution in [0.25, 0.3) is 0 Å². The van der Waals surface area contributed by atoms with Crippen molar-refractivity contribution in [2.75, 3.05) is 18.9 Å². The fourth-order valence-electron chi connectivity index (χ4n) is 2.55. The summed E-state index contributed by atoms with van der Waals surface area (Å²) in [5, 5.41) is 12.4. The molecule has 0 heterocycles. The van der Waals surface area contributed by atoms with E-state index in [1.807, 2.05) is 0 Å². The second-order valence-corrected chi connectivity index (χ2v) is 6.14. The fourth-order valence-corrected chi connectivity index (χ4v) is 2.93. The number of hydrogen-bond donors (Lipinski definition) is 3. The number of carbonyl (C=O) groups is 1. The highest BCUT2D eigenvalue weighted by atomic mass is 79.9. The summed E-state index contributed by atoms with van der Waals surface area (Å²) in [6, 6.07) is 5.12. The number of aliphatic hydroxyl groups is 1. The maximum atomic E-state index is 12.1. The molecule has 0 radical (unpaired) electrons. The lowest BCUT2D eigenvalue weighted by Gasteiger charge is -2.26. The molecule has 0 atom stereocenters. The van der Waals surface area contributed by atoms with Crippen LogP contribution in [0.3, 0.4) is 0 Å². The Kier molecular flexibility index (Phi) is 4.47. The number of aliphatic hydroxyl groups excluding tert-OH is 1. The van der Waals surface area contributed by atoms with Gasteiger partial charge >= 0.3 is 0 Å². The molecular weight excluding hydrogens is 308 g/mol. The van der Waals surface area contributed by atoms with Gasteiger partial charge in [0.2, 0.25) is 0 Å². The highest BCUT2D eigenvalue weighted by Gasteiger charge is 2.33. The minimum atomic E-state index is -0.125. The van der Waals surface area contributed by atoms with Crippen molar-refractivity contribution >= 4 is 27.5 Å². The van der Waals surface area contributed by atoms with E-state index in [2.05, 4.69) is 21.2 Å². The first-order chi connectivity index (χ1) is 9.06. The zero-order chi connectivity index (χ0) is 13.9. The highest BCUT2D eigenvalue weighted by molar-refractivity contribution is 9.10. The molecule has 1 saturated carbocycles. The zero-order valence-corrected chi connectivity index (χ0v) is 12.4. The second-order valence-electron chi connectivity index (χ2n) is 5.28. The Labute approximate surface area is 121 Å². The Morgan fingerprint density at radius 2 is 2.11 bits per heavy atom. The van der Waals surface area contributed by atoms with Crippen molar-refractivity contribution in [2.45, 2.75) is 25.7 Å². The molecular formula is C14H19BrN2O2. The van der Waals surface area contributed by atoms with E-state index in [1.165, 1.54) is 0 Å². The number of nitrogen functional groups attached to an aromatic ring is 1. The van der Waals surface area contributed by atoms with Gasteiger partial charge in [-0.3, -0.25) is 4.79 Å². The third kappa shape index (κ3) is 3.28. The van der Waals surface area contributed by atoms with Gasteiger partial charge < -0.3 is 16.2 Å². The smallest absolute Gasteiger partial charge is 0.251 e. The van der Waals surface area contributed by atoms with Gasteiger partial charge in [0, 0.05) is 27.7 Å². The van der Waals surface area contributed by atoms with Crippen LogP contribution in [0, 0.1) is 5.41 Å². The number of carbonyl (C=O) groups excluding carboxylic acids is 1. The predicted octanol–water partition coefficient (Wildman–Crippen LogP) is 2.31. The topological polar surface area (TPSA) is 75.4 Å². The molecule has 4 nitrogen and oxygen atoms in total. The lowest BCUT2D eigenvalue weighted by Crippen LogP contribution is -2.38. The van der Waals surface area contributed by atoms with E-state index in [-0.39, 0.29) is 17.9 Å². The molecule has 0 aromatic heterocycles. The molecule has 0 aliphatic heterocycles. The zero-order valence-electron chi connectivity index (χ0n) is 10.8. The molecule has 5 heteroatoms. The number of nitrogens with one attached hydrogen (secondary N) is 1. The van der Waals surface area contributed by atoms with Crippen molar-refractivity contribution in [1.82, 2.24) is 5.32 Å². The van der Waals surface area contributed by atoms with E-state index in [0.29, 0.717) is 17.8 Å². The van der Waals surface area contributed by atoms with Crippen LogP contribution in [0.1, 0.15) is 36.0 Å². The average Bonchev–Trinajstić information content (AvgIpc) is 2.89. The summed E-state index contributed by atoms with van der Waals surface area (Å²) >= 11 is 3.31. The summed E-state index contributed by atoms with van der Waals surface area (Å²) in [6.45, 7) is 0.670. The number of rotatable bonds is 4. The summed E-state index contributed by atoms with van der Waals surface area (Å²) < 4.78 is 0.720. The van der Waals surface area contributed by atoms with Crippen molar-refractivity contribution in [1.29, 1.82) is 0 Å². The first kappa shape index (κ1) is 14.3. The van der Waals surface area contributed by atoms with Gasteiger partial charge in [-0.05, 0) is 47.0 Å². The molecule has 104 valence electrons. The molecule has 0 spiro atoms. The van der Waals surface area contributed by atoms with Crippen molar-refractivity contribution < 1.29 is 9.90 Å². The summed E-state index contributed by atoms with van der Waals surface area (Å²) in [5.41, 5.74) is 6.76. The van der Waals surface area contributed by atoms with Gasteiger partial charge in [-0.15, -0.1) is 0 Å². The SMILES string of the molecule is Nc1ccc(C(=O)NCC2(CO)CCCC2)cc1Br. The van der Waals surface area contributed by atoms with E-state index < -0.39 is 0 Å². The third-order valence-electron chi connectivity index (χ3n) is 3.89. The molecule has 1 aromatic rings. The summed E-state index contributed by atoms with van der Waals surface area (Å²) in [5.74, 6) is -0.125. The van der Waals surface area contributed by atoms with Gasteiger partial charge in [-0.2, -0.15) is 0 Å². The Morgan fingerprint density at radius 1 is 1.42 bits per heavy atom. The maximum absolute atomic E-state index is 12.1. The second kappa shape index (κ2) is 5.92. The van der Waals surface area contributed by atoms with E-state index in [9.17, 15) is 9.90 Å². The molecule has 1 aliphatic rings. The van der Waals surface area contributed by atoms with E-state index in [0.717, 1.165) is 30.2 Å². The lowest BCUT2D eigenvalue weighted by atomic mass is 9.87. The third-order valence-corrected chi connectivity index (χ3v) is 4.57. The molecule has 0 bridgehead atoms. The normalized spacial score (nSPS) is 17.4. The van der Waals surface area contributed by atoms with Crippen LogP contribution in [0.4, 0.5) is 5.69 Å². The minimum absolute atomic E-state index is 0.124. The molecule has 1 fully saturated rings. The minimum Gasteiger partial charge on any atom is -0.398 e. The van der Waals surface area contributed by atoms with Gasteiger partial charge in [-0.1, -0.05) is 12.8 Å². The standard InChI is InChI=1S/C14H19BrN2O2/c15-11-7-10(3-4-12(11)16)13(19)17-8-14(9-18)5-1-2-6-14/h3-4,7,18H,1-2,5-6,8-9,16H2,(H,17,19). The Hall–Kier alpha value is -1.07. The predicted molar refractivity (Wildman–Crippen MR) is 78.9 cm³/mol. The van der Waals surface area contributed by atoms with E-state index in [4.69, 9.17) is 5.73 Å². The average molecular weight is 327 g/mol. The van der Waals surface area contributed by atoms with Gasteiger partial charge in [0.25, 0.3) is 5.91 Å². The van der Waals surface area contributed by atoms with Crippen molar-refractivity contribution in [2.24, 2.45) is 5.41 Å². The summed E-state index contributed by atoms with van der Waals surface area (Å²) in [6.07, 6.45) is 4.22. The number of benzene rings is 1. The van der Waals surface area contributed by atoms with Crippen LogP contribution in [0.2, 0.25) is 0 Å². The molecule has 1 aliphatic carbocycles. The number of hydrogen-bond acceptors (Lipinski definition) is 3. The van der Waals surface area contributed by atoms with Crippen LogP contribution in [-0.2, 0) is 0 Å².